The predicted octanol–water partition coefficient (Wildman–Crippen LogP) is 1.46. The molecule has 0 atom stereocenters. The van der Waals surface area contributed by atoms with Crippen LogP contribution in [0.2, 0.25) is 0 Å². The molecule has 1 heterocycles. The number of nitrogens with zero attached hydrogens (tertiary/aromatic N) is 3. The molecule has 0 aliphatic rings. The third-order valence-corrected chi connectivity index (χ3v) is 2.52. The average molecular weight is 283 g/mol. The molecule has 0 unspecified atom stereocenters. The van der Waals surface area contributed by atoms with Crippen LogP contribution < -0.4 is 0 Å². The van der Waals surface area contributed by atoms with E-state index in [1.54, 1.807) is 0 Å². The van der Waals surface area contributed by atoms with E-state index in [4.69, 9.17) is 0 Å². The maximum absolute atomic E-state index is 12.4. The summed E-state index contributed by atoms with van der Waals surface area (Å²) in [5, 5.41) is 3.27. The number of carbonyl (C=O) groups excluding carboxylic acids is 1. The first-order valence-electron chi connectivity index (χ1n) is 4.80. The summed E-state index contributed by atoms with van der Waals surface area (Å²) in [7, 11) is -2.62. The van der Waals surface area contributed by atoms with Gasteiger partial charge in [0.1, 0.15) is 6.54 Å². The van der Waals surface area contributed by atoms with Gasteiger partial charge in [0.25, 0.3) is 5.91 Å². The standard InChI is InChI=1S/C9H12F3N3O2S/c1-6-4-7(9(10,11)12)13-15(6)5-8(16)14-18(2,3)17/h4H,5H2,1-3H3. The van der Waals surface area contributed by atoms with Gasteiger partial charge in [-0.3, -0.25) is 9.48 Å². The van der Waals surface area contributed by atoms with Gasteiger partial charge in [-0.2, -0.15) is 22.6 Å². The highest BCUT2D eigenvalue weighted by atomic mass is 32.2. The topological polar surface area (TPSA) is 64.3 Å². The van der Waals surface area contributed by atoms with Gasteiger partial charge in [-0.15, -0.1) is 0 Å². The summed E-state index contributed by atoms with van der Waals surface area (Å²) in [6.07, 6.45) is -2.02. The van der Waals surface area contributed by atoms with Crippen molar-refractivity contribution in [1.29, 1.82) is 0 Å². The second kappa shape index (κ2) is 4.71. The minimum absolute atomic E-state index is 0.185. The number of rotatable bonds is 2. The molecule has 1 amide bonds. The highest BCUT2D eigenvalue weighted by molar-refractivity contribution is 7.92. The van der Waals surface area contributed by atoms with E-state index in [1.165, 1.54) is 19.4 Å². The highest BCUT2D eigenvalue weighted by Gasteiger charge is 2.34. The Labute approximate surface area is 102 Å². The van der Waals surface area contributed by atoms with Crippen molar-refractivity contribution in [3.8, 4) is 0 Å². The van der Waals surface area contributed by atoms with Crippen LogP contribution in [0.4, 0.5) is 13.2 Å². The number of hydrogen-bond donors (Lipinski definition) is 0. The fourth-order valence-corrected chi connectivity index (χ4v) is 1.76. The Bertz CT molecular complexity index is 574. The van der Waals surface area contributed by atoms with Crippen LogP contribution in [0.5, 0.6) is 0 Å². The van der Waals surface area contributed by atoms with Gasteiger partial charge in [0.05, 0.1) is 0 Å². The highest BCUT2D eigenvalue weighted by Crippen LogP contribution is 2.28. The fourth-order valence-electron chi connectivity index (χ4n) is 1.21. The quantitative estimate of drug-likeness (QED) is 0.825. The van der Waals surface area contributed by atoms with Crippen LogP contribution in [0.25, 0.3) is 0 Å². The van der Waals surface area contributed by atoms with Gasteiger partial charge in [0.15, 0.2) is 5.69 Å². The molecule has 0 aliphatic heterocycles. The maximum Gasteiger partial charge on any atom is 0.435 e. The Kier molecular flexibility index (Phi) is 3.84. The molecule has 0 aromatic carbocycles. The number of alkyl halides is 3. The first-order valence-corrected chi connectivity index (χ1v) is 7.14. The van der Waals surface area contributed by atoms with Gasteiger partial charge in [-0.25, -0.2) is 4.21 Å². The van der Waals surface area contributed by atoms with Crippen LogP contribution in [-0.4, -0.2) is 32.4 Å². The summed E-state index contributed by atoms with van der Waals surface area (Å²) >= 11 is 0. The van der Waals surface area contributed by atoms with Crippen molar-refractivity contribution >= 4 is 15.6 Å². The number of carbonyl (C=O) groups is 1. The normalized spacial score (nSPS) is 12.6. The lowest BCUT2D eigenvalue weighted by Crippen LogP contribution is -2.14. The second-order valence-corrected chi connectivity index (χ2v) is 6.54. The van der Waals surface area contributed by atoms with Crippen LogP contribution in [0.3, 0.4) is 0 Å². The molecule has 0 spiro atoms. The predicted molar refractivity (Wildman–Crippen MR) is 59.4 cm³/mol. The van der Waals surface area contributed by atoms with Crippen LogP contribution >= 0.6 is 0 Å². The molecule has 0 aliphatic carbocycles. The van der Waals surface area contributed by atoms with E-state index in [-0.39, 0.29) is 5.69 Å². The molecule has 0 saturated heterocycles. The zero-order chi connectivity index (χ0) is 14.1. The van der Waals surface area contributed by atoms with E-state index >= 15 is 0 Å². The molecule has 0 saturated carbocycles. The number of hydrogen-bond acceptors (Lipinski definition) is 3. The molecule has 18 heavy (non-hydrogen) atoms. The Morgan fingerprint density at radius 2 is 2.06 bits per heavy atom. The number of aryl methyl sites for hydroxylation is 1. The van der Waals surface area contributed by atoms with Crippen LogP contribution in [0.1, 0.15) is 11.4 Å². The van der Waals surface area contributed by atoms with Crippen molar-refractivity contribution in [3.63, 3.8) is 0 Å². The van der Waals surface area contributed by atoms with E-state index in [2.05, 4.69) is 9.46 Å². The Morgan fingerprint density at radius 3 is 2.44 bits per heavy atom. The lowest BCUT2D eigenvalue weighted by Gasteiger charge is -2.02. The molecule has 0 N–H and O–H groups in total. The van der Waals surface area contributed by atoms with E-state index in [0.29, 0.717) is 0 Å². The van der Waals surface area contributed by atoms with Crippen LogP contribution in [0.15, 0.2) is 10.4 Å². The average Bonchev–Trinajstić information content (AvgIpc) is 2.43. The molecule has 0 fully saturated rings. The molecule has 1 rings (SSSR count). The minimum Gasteiger partial charge on any atom is -0.270 e. The van der Waals surface area contributed by atoms with Gasteiger partial charge >= 0.3 is 6.18 Å². The Morgan fingerprint density at radius 1 is 1.50 bits per heavy atom. The van der Waals surface area contributed by atoms with E-state index in [1.807, 2.05) is 0 Å². The first-order chi connectivity index (χ1) is 7.99. The Balaban J connectivity index is 2.97. The molecule has 1 aromatic rings. The van der Waals surface area contributed by atoms with E-state index in [0.717, 1.165) is 10.7 Å². The summed E-state index contributed by atoms with van der Waals surface area (Å²) in [6, 6.07) is 0.836. The van der Waals surface area contributed by atoms with E-state index < -0.39 is 34.1 Å². The molecular weight excluding hydrogens is 271 g/mol. The number of halogens is 3. The summed E-state index contributed by atoms with van der Waals surface area (Å²) in [5.74, 6) is -0.773. The van der Waals surface area contributed by atoms with Gasteiger partial charge in [0.2, 0.25) is 0 Å². The Hall–Kier alpha value is -1.38. The van der Waals surface area contributed by atoms with Gasteiger partial charge in [-0.1, -0.05) is 0 Å². The minimum atomic E-state index is -4.56. The molecule has 0 radical (unpaired) electrons. The first kappa shape index (κ1) is 14.7. The van der Waals surface area contributed by atoms with E-state index in [9.17, 15) is 22.2 Å². The smallest absolute Gasteiger partial charge is 0.270 e. The summed E-state index contributed by atoms with van der Waals surface area (Å²) in [4.78, 5) is 11.4. The monoisotopic (exact) mass is 283 g/mol. The molecule has 0 bridgehead atoms. The third-order valence-electron chi connectivity index (χ3n) is 1.88. The number of amides is 1. The van der Waals surface area contributed by atoms with Crippen molar-refractivity contribution < 1.29 is 22.2 Å². The van der Waals surface area contributed by atoms with Crippen molar-refractivity contribution in [3.05, 3.63) is 17.5 Å². The summed E-state index contributed by atoms with van der Waals surface area (Å²) < 4.78 is 52.6. The van der Waals surface area contributed by atoms with Gasteiger partial charge in [0, 0.05) is 27.9 Å². The maximum atomic E-state index is 12.4. The molecule has 5 nitrogen and oxygen atoms in total. The molecule has 9 heteroatoms. The second-order valence-electron chi connectivity index (χ2n) is 3.99. The zero-order valence-electron chi connectivity index (χ0n) is 9.98. The van der Waals surface area contributed by atoms with Gasteiger partial charge in [-0.05, 0) is 13.0 Å². The largest absolute Gasteiger partial charge is 0.435 e. The van der Waals surface area contributed by atoms with Crippen LogP contribution in [-0.2, 0) is 27.2 Å². The molecular formula is C9H12F3N3O2S. The lowest BCUT2D eigenvalue weighted by molar-refractivity contribution is -0.141. The summed E-state index contributed by atoms with van der Waals surface area (Å²) in [6.45, 7) is 0.936. The van der Waals surface area contributed by atoms with Crippen molar-refractivity contribution in [1.82, 2.24) is 9.78 Å². The van der Waals surface area contributed by atoms with Crippen molar-refractivity contribution in [2.75, 3.05) is 12.5 Å². The fraction of sp³-hybridized carbons (Fsp3) is 0.556. The number of aromatic nitrogens is 2. The lowest BCUT2D eigenvalue weighted by atomic mass is 10.4. The van der Waals surface area contributed by atoms with Crippen molar-refractivity contribution in [2.24, 2.45) is 4.36 Å². The SMILES string of the molecule is Cc1cc(C(F)(F)F)nn1CC(=O)N=S(C)(C)=O. The van der Waals surface area contributed by atoms with Crippen molar-refractivity contribution in [2.45, 2.75) is 19.6 Å². The zero-order valence-corrected chi connectivity index (χ0v) is 10.8. The van der Waals surface area contributed by atoms with Gasteiger partial charge < -0.3 is 0 Å². The third kappa shape index (κ3) is 4.13. The molecule has 1 aromatic heterocycles. The van der Waals surface area contributed by atoms with Crippen LogP contribution in [0, 0.1) is 6.92 Å². The molecule has 102 valence electrons. The summed E-state index contributed by atoms with van der Waals surface area (Å²) in [5.41, 5.74) is -0.883.